The summed E-state index contributed by atoms with van der Waals surface area (Å²) in [5, 5.41) is 0.339. The Morgan fingerprint density at radius 1 is 0.724 bits per heavy atom. The first-order valence-corrected chi connectivity index (χ1v) is 9.57. The van der Waals surface area contributed by atoms with E-state index in [0.29, 0.717) is 36.6 Å². The summed E-state index contributed by atoms with van der Waals surface area (Å²) in [6, 6.07) is 8.43. The van der Waals surface area contributed by atoms with Crippen LogP contribution in [0.2, 0.25) is 0 Å². The fraction of sp³-hybridized carbons (Fsp3) is 0.250. The van der Waals surface area contributed by atoms with Crippen LogP contribution in [-0.2, 0) is 0 Å². The number of halogens is 5. The van der Waals surface area contributed by atoms with Crippen molar-refractivity contribution in [3.05, 3.63) is 88.8 Å². The third-order valence-electron chi connectivity index (χ3n) is 5.94. The van der Waals surface area contributed by atoms with Gasteiger partial charge in [0.05, 0.1) is 0 Å². The summed E-state index contributed by atoms with van der Waals surface area (Å²) < 4.78 is 69.7. The Balaban J connectivity index is 1.56. The normalized spacial score (nSPS) is 19.5. The first-order valence-electron chi connectivity index (χ1n) is 9.57. The second-order valence-electron chi connectivity index (χ2n) is 7.62. The quantitative estimate of drug-likeness (QED) is 0.312. The molecule has 0 spiro atoms. The molecular formula is C24H19F5. The van der Waals surface area contributed by atoms with Crippen LogP contribution < -0.4 is 0 Å². The Bertz CT molecular complexity index is 1070. The molecule has 0 aromatic heterocycles. The Labute approximate surface area is 165 Å². The standard InChI is InChI=1S/C24H19F5/c1-2-13-9-19(25)22(20(26)10-13)15-5-3-14(4-6-15)16-7-8-18-17(11-16)12-21(27)24(29)23(18)28/h2,7-12,14-15H,1,3-6H2. The van der Waals surface area contributed by atoms with E-state index in [-0.39, 0.29) is 22.8 Å². The lowest BCUT2D eigenvalue weighted by Crippen LogP contribution is -2.15. The molecule has 0 saturated heterocycles. The zero-order valence-electron chi connectivity index (χ0n) is 15.6. The molecule has 1 fully saturated rings. The summed E-state index contributed by atoms with van der Waals surface area (Å²) in [6.45, 7) is 3.53. The topological polar surface area (TPSA) is 0 Å². The third-order valence-corrected chi connectivity index (χ3v) is 5.94. The Kier molecular flexibility index (Phi) is 5.15. The van der Waals surface area contributed by atoms with Crippen LogP contribution in [0.4, 0.5) is 22.0 Å². The van der Waals surface area contributed by atoms with Crippen molar-refractivity contribution in [1.29, 1.82) is 0 Å². The van der Waals surface area contributed by atoms with Crippen molar-refractivity contribution in [2.24, 2.45) is 0 Å². The van der Waals surface area contributed by atoms with E-state index >= 15 is 0 Å². The molecule has 1 aliphatic rings. The first-order chi connectivity index (χ1) is 13.9. The molecule has 5 heteroatoms. The van der Waals surface area contributed by atoms with Crippen LogP contribution in [0.15, 0.2) is 43.0 Å². The molecule has 0 unspecified atom stereocenters. The largest absolute Gasteiger partial charge is 0.207 e. The molecule has 0 radical (unpaired) electrons. The molecule has 1 saturated carbocycles. The van der Waals surface area contributed by atoms with Gasteiger partial charge in [0.25, 0.3) is 0 Å². The molecule has 29 heavy (non-hydrogen) atoms. The third kappa shape index (κ3) is 3.54. The predicted octanol–water partition coefficient (Wildman–Crippen LogP) is 7.62. The fourth-order valence-electron chi connectivity index (χ4n) is 4.40. The van der Waals surface area contributed by atoms with Gasteiger partial charge in [-0.25, -0.2) is 22.0 Å². The van der Waals surface area contributed by atoms with E-state index in [9.17, 15) is 22.0 Å². The second-order valence-corrected chi connectivity index (χ2v) is 7.62. The van der Waals surface area contributed by atoms with Gasteiger partial charge < -0.3 is 0 Å². The summed E-state index contributed by atoms with van der Waals surface area (Å²) in [5.41, 5.74) is 1.42. The molecule has 0 amide bonds. The Morgan fingerprint density at radius 2 is 1.34 bits per heavy atom. The summed E-state index contributed by atoms with van der Waals surface area (Å²) in [7, 11) is 0. The van der Waals surface area contributed by atoms with Gasteiger partial charge in [-0.15, -0.1) is 0 Å². The van der Waals surface area contributed by atoms with Crippen molar-refractivity contribution >= 4 is 16.8 Å². The van der Waals surface area contributed by atoms with Gasteiger partial charge in [0.2, 0.25) is 0 Å². The Morgan fingerprint density at radius 3 is 1.97 bits per heavy atom. The zero-order chi connectivity index (χ0) is 20.7. The number of fused-ring (bicyclic) bond motifs is 1. The average molecular weight is 402 g/mol. The molecule has 3 aromatic carbocycles. The minimum absolute atomic E-state index is 0.0350. The highest BCUT2D eigenvalue weighted by Gasteiger charge is 2.28. The molecule has 0 bridgehead atoms. The molecule has 0 nitrogen and oxygen atoms in total. The smallest absolute Gasteiger partial charge is 0.195 e. The van der Waals surface area contributed by atoms with Crippen LogP contribution in [0.1, 0.15) is 54.2 Å². The lowest BCUT2D eigenvalue weighted by atomic mass is 9.75. The summed E-state index contributed by atoms with van der Waals surface area (Å²) >= 11 is 0. The predicted molar refractivity (Wildman–Crippen MR) is 104 cm³/mol. The molecule has 150 valence electrons. The second kappa shape index (κ2) is 7.62. The molecule has 1 aliphatic carbocycles. The maximum absolute atomic E-state index is 14.4. The number of hydrogen-bond donors (Lipinski definition) is 0. The molecule has 0 aliphatic heterocycles. The van der Waals surface area contributed by atoms with Gasteiger partial charge in [-0.2, -0.15) is 0 Å². The van der Waals surface area contributed by atoms with Crippen molar-refractivity contribution in [2.45, 2.75) is 37.5 Å². The van der Waals surface area contributed by atoms with Crippen molar-refractivity contribution in [3.63, 3.8) is 0 Å². The van der Waals surface area contributed by atoms with E-state index in [1.54, 1.807) is 12.1 Å². The van der Waals surface area contributed by atoms with Crippen molar-refractivity contribution in [1.82, 2.24) is 0 Å². The summed E-state index contributed by atoms with van der Waals surface area (Å²) in [6.07, 6.45) is 4.02. The molecule has 0 atom stereocenters. The number of benzene rings is 3. The lowest BCUT2D eigenvalue weighted by molar-refractivity contribution is 0.377. The van der Waals surface area contributed by atoms with Crippen molar-refractivity contribution in [3.8, 4) is 0 Å². The van der Waals surface area contributed by atoms with Gasteiger partial charge in [0.15, 0.2) is 17.5 Å². The maximum atomic E-state index is 14.4. The minimum atomic E-state index is -1.47. The fourth-order valence-corrected chi connectivity index (χ4v) is 4.40. The van der Waals surface area contributed by atoms with Crippen LogP contribution in [0.3, 0.4) is 0 Å². The Hall–Kier alpha value is -2.69. The number of hydrogen-bond acceptors (Lipinski definition) is 0. The van der Waals surface area contributed by atoms with Crippen molar-refractivity contribution in [2.75, 3.05) is 0 Å². The first kappa shape index (κ1) is 19.6. The van der Waals surface area contributed by atoms with E-state index in [4.69, 9.17) is 0 Å². The molecular weight excluding hydrogens is 383 g/mol. The monoisotopic (exact) mass is 402 g/mol. The van der Waals surface area contributed by atoms with Gasteiger partial charge in [0, 0.05) is 10.9 Å². The summed E-state index contributed by atoms with van der Waals surface area (Å²) in [4.78, 5) is 0. The molecule has 3 aromatic rings. The molecule has 4 rings (SSSR count). The van der Waals surface area contributed by atoms with Crippen LogP contribution in [-0.4, -0.2) is 0 Å². The lowest BCUT2D eigenvalue weighted by Gasteiger charge is -2.29. The number of rotatable bonds is 3. The molecule has 0 N–H and O–H groups in total. The van der Waals surface area contributed by atoms with E-state index in [2.05, 4.69) is 6.58 Å². The minimum Gasteiger partial charge on any atom is -0.207 e. The highest BCUT2D eigenvalue weighted by atomic mass is 19.2. The van der Waals surface area contributed by atoms with Gasteiger partial charge in [-0.1, -0.05) is 30.9 Å². The van der Waals surface area contributed by atoms with E-state index in [1.807, 2.05) is 0 Å². The maximum Gasteiger partial charge on any atom is 0.195 e. The highest BCUT2D eigenvalue weighted by Crippen LogP contribution is 2.42. The van der Waals surface area contributed by atoms with Crippen LogP contribution >= 0.6 is 0 Å². The van der Waals surface area contributed by atoms with Gasteiger partial charge in [-0.3, -0.25) is 0 Å². The zero-order valence-corrected chi connectivity index (χ0v) is 15.6. The van der Waals surface area contributed by atoms with Crippen LogP contribution in [0, 0.1) is 29.1 Å². The SMILES string of the molecule is C=Cc1cc(F)c(C2CCC(c3ccc4c(F)c(F)c(F)cc4c3)CC2)c(F)c1. The van der Waals surface area contributed by atoms with Crippen LogP contribution in [0.5, 0.6) is 0 Å². The van der Waals surface area contributed by atoms with Gasteiger partial charge in [0.1, 0.15) is 11.6 Å². The van der Waals surface area contributed by atoms with E-state index < -0.39 is 29.1 Å². The van der Waals surface area contributed by atoms with Gasteiger partial charge >= 0.3 is 0 Å². The van der Waals surface area contributed by atoms with Gasteiger partial charge in [-0.05, 0) is 72.2 Å². The average Bonchev–Trinajstić information content (AvgIpc) is 2.71. The summed E-state index contributed by atoms with van der Waals surface area (Å²) in [5.74, 6) is -5.09. The molecule has 0 heterocycles. The van der Waals surface area contributed by atoms with E-state index in [0.717, 1.165) is 11.6 Å². The van der Waals surface area contributed by atoms with Crippen molar-refractivity contribution < 1.29 is 22.0 Å². The van der Waals surface area contributed by atoms with E-state index in [1.165, 1.54) is 24.3 Å². The van der Waals surface area contributed by atoms with Crippen LogP contribution in [0.25, 0.3) is 16.8 Å². The highest BCUT2D eigenvalue weighted by molar-refractivity contribution is 5.84.